The average Bonchev–Trinajstić information content (AvgIpc) is 2.02. The van der Waals surface area contributed by atoms with Gasteiger partial charge in [0.1, 0.15) is 0 Å². The second kappa shape index (κ2) is 6.05. The molecule has 0 spiro atoms. The molecule has 0 aromatic heterocycles. The van der Waals surface area contributed by atoms with Gasteiger partial charge in [-0.05, 0) is 12.1 Å². The van der Waals surface area contributed by atoms with Gasteiger partial charge in [0.05, 0.1) is 0 Å². The van der Waals surface area contributed by atoms with Gasteiger partial charge in [-0.15, -0.1) is 0 Å². The van der Waals surface area contributed by atoms with Crippen LogP contribution in [0.15, 0.2) is 30.3 Å². The lowest BCUT2D eigenvalue weighted by molar-refractivity contribution is 0.355. The van der Waals surface area contributed by atoms with Crippen molar-refractivity contribution in [1.29, 1.82) is 0 Å². The van der Waals surface area contributed by atoms with E-state index < -0.39 is 16.0 Å². The highest BCUT2D eigenvalue weighted by Crippen LogP contribution is 2.49. The first-order valence-corrected chi connectivity index (χ1v) is 6.42. The van der Waals surface area contributed by atoms with E-state index in [1.807, 2.05) is 0 Å². The van der Waals surface area contributed by atoms with Crippen molar-refractivity contribution in [1.82, 2.24) is 0 Å². The molecule has 2 unspecified atom stereocenters. The van der Waals surface area contributed by atoms with E-state index in [0.717, 1.165) is 0 Å². The Kier molecular flexibility index (Phi) is 5.80. The van der Waals surface area contributed by atoms with Crippen LogP contribution in [0.1, 0.15) is 7.43 Å². The maximum Gasteiger partial charge on any atom is 0.437 e. The number of benzene rings is 1. The van der Waals surface area contributed by atoms with Crippen LogP contribution in [0.4, 0.5) is 5.69 Å². The SMILES string of the molecule is C.O=[PH](O)OP(=O)(O)Nc1ccccc1. The van der Waals surface area contributed by atoms with Crippen molar-refractivity contribution in [3.8, 4) is 0 Å². The summed E-state index contributed by atoms with van der Waals surface area (Å²) in [6, 6.07) is 8.07. The normalized spacial score (nSPS) is 15.9. The lowest BCUT2D eigenvalue weighted by Crippen LogP contribution is -1.96. The Labute approximate surface area is 88.5 Å². The highest BCUT2D eigenvalue weighted by atomic mass is 31.2. The van der Waals surface area contributed by atoms with Crippen LogP contribution in [0, 0.1) is 0 Å². The fourth-order valence-electron chi connectivity index (χ4n) is 0.805. The first kappa shape index (κ1) is 14.4. The second-order valence-electron chi connectivity index (χ2n) is 2.36. The molecule has 0 amide bonds. The van der Waals surface area contributed by atoms with Gasteiger partial charge in [0.25, 0.3) is 0 Å². The summed E-state index contributed by atoms with van der Waals surface area (Å²) in [7, 11) is -7.67. The zero-order chi connectivity index (χ0) is 10.6. The van der Waals surface area contributed by atoms with Gasteiger partial charge in [-0.2, -0.15) is 0 Å². The molecule has 0 saturated heterocycles. The van der Waals surface area contributed by atoms with E-state index in [9.17, 15) is 9.13 Å². The molecular weight excluding hydrogens is 240 g/mol. The first-order chi connectivity index (χ1) is 6.49. The lowest BCUT2D eigenvalue weighted by Gasteiger charge is -2.11. The van der Waals surface area contributed by atoms with Gasteiger partial charge in [0, 0.05) is 5.69 Å². The molecule has 0 fully saturated rings. The molecule has 0 aliphatic carbocycles. The van der Waals surface area contributed by atoms with Crippen molar-refractivity contribution in [2.75, 3.05) is 5.09 Å². The minimum atomic E-state index is -4.24. The molecule has 3 N–H and O–H groups in total. The van der Waals surface area contributed by atoms with Crippen molar-refractivity contribution < 1.29 is 23.2 Å². The molecule has 0 saturated carbocycles. The average molecular weight is 253 g/mol. The Morgan fingerprint density at radius 3 is 2.33 bits per heavy atom. The van der Waals surface area contributed by atoms with E-state index in [4.69, 9.17) is 9.79 Å². The molecule has 8 heteroatoms. The fourth-order valence-corrected chi connectivity index (χ4v) is 2.31. The van der Waals surface area contributed by atoms with Crippen molar-refractivity contribution in [2.24, 2.45) is 0 Å². The molecule has 0 bridgehead atoms. The number of hydrogen-bond acceptors (Lipinski definition) is 3. The summed E-state index contributed by atoms with van der Waals surface area (Å²) in [5.41, 5.74) is 0.335. The van der Waals surface area contributed by atoms with Crippen LogP contribution < -0.4 is 5.09 Å². The maximum absolute atomic E-state index is 11.1. The third kappa shape index (κ3) is 5.72. The van der Waals surface area contributed by atoms with Crippen LogP contribution >= 0.6 is 16.0 Å². The monoisotopic (exact) mass is 253 g/mol. The minimum absolute atomic E-state index is 0. The molecule has 1 aromatic rings. The van der Waals surface area contributed by atoms with E-state index in [-0.39, 0.29) is 7.43 Å². The van der Waals surface area contributed by atoms with Gasteiger partial charge in [0.2, 0.25) is 0 Å². The molecule has 0 radical (unpaired) electrons. The number of hydrogen-bond donors (Lipinski definition) is 3. The van der Waals surface area contributed by atoms with Crippen LogP contribution in [-0.4, -0.2) is 9.79 Å². The molecule has 6 nitrogen and oxygen atoms in total. The van der Waals surface area contributed by atoms with Crippen molar-refractivity contribution in [3.63, 3.8) is 0 Å². The third-order valence-corrected chi connectivity index (χ3v) is 3.40. The van der Waals surface area contributed by atoms with E-state index in [0.29, 0.717) is 5.69 Å². The van der Waals surface area contributed by atoms with Crippen LogP contribution in [0.25, 0.3) is 0 Å². The highest BCUT2D eigenvalue weighted by Gasteiger charge is 2.21. The molecule has 86 valence electrons. The first-order valence-electron chi connectivity index (χ1n) is 3.58. The van der Waals surface area contributed by atoms with Gasteiger partial charge >= 0.3 is 16.0 Å². The van der Waals surface area contributed by atoms with Gasteiger partial charge in [-0.25, -0.2) is 8.88 Å². The molecule has 2 atom stereocenters. The van der Waals surface area contributed by atoms with Gasteiger partial charge in [0.15, 0.2) is 0 Å². The summed E-state index contributed by atoms with van der Waals surface area (Å²) >= 11 is 0. The molecular formula is C7H13NO5P2. The molecule has 15 heavy (non-hydrogen) atoms. The molecule has 0 aliphatic heterocycles. The summed E-state index contributed by atoms with van der Waals surface area (Å²) in [4.78, 5) is 17.3. The Hall–Kier alpha value is -0.640. The summed E-state index contributed by atoms with van der Waals surface area (Å²) in [6.45, 7) is 0. The molecule has 1 rings (SSSR count). The van der Waals surface area contributed by atoms with Gasteiger partial charge in [-0.3, -0.25) is 9.65 Å². The van der Waals surface area contributed by atoms with Crippen LogP contribution in [0.2, 0.25) is 0 Å². The molecule has 0 heterocycles. The highest BCUT2D eigenvalue weighted by molar-refractivity contribution is 7.60. The lowest BCUT2D eigenvalue weighted by atomic mass is 10.3. The second-order valence-corrected chi connectivity index (χ2v) is 4.88. The topological polar surface area (TPSA) is 95.9 Å². The van der Waals surface area contributed by atoms with Gasteiger partial charge in [-0.1, -0.05) is 25.6 Å². The largest absolute Gasteiger partial charge is 0.437 e. The Morgan fingerprint density at radius 1 is 1.33 bits per heavy atom. The zero-order valence-electron chi connectivity index (χ0n) is 6.95. The number of nitrogens with one attached hydrogen (secondary N) is 1. The predicted molar refractivity (Wildman–Crippen MR) is 58.9 cm³/mol. The maximum atomic E-state index is 11.1. The van der Waals surface area contributed by atoms with E-state index in [1.54, 1.807) is 18.2 Å². The predicted octanol–water partition coefficient (Wildman–Crippen LogP) is 2.23. The standard InChI is InChI=1S/C6H9NO5P2.CH4/c8-13(9)12-14(10,11)7-6-4-2-1-3-5-6;/h1-5,13H,(H,8,9)(H2,7,10,11);1H4. The van der Waals surface area contributed by atoms with Crippen molar-refractivity contribution in [2.45, 2.75) is 7.43 Å². The van der Waals surface area contributed by atoms with Crippen molar-refractivity contribution >= 4 is 21.7 Å². The van der Waals surface area contributed by atoms with Crippen LogP contribution in [0.3, 0.4) is 0 Å². The summed E-state index contributed by atoms with van der Waals surface area (Å²) in [5, 5.41) is 2.10. The van der Waals surface area contributed by atoms with Crippen molar-refractivity contribution in [3.05, 3.63) is 30.3 Å². The summed E-state index contributed by atoms with van der Waals surface area (Å²) < 4.78 is 25.2. The number of rotatable bonds is 4. The third-order valence-electron chi connectivity index (χ3n) is 1.25. The van der Waals surface area contributed by atoms with E-state index >= 15 is 0 Å². The van der Waals surface area contributed by atoms with Crippen LogP contribution in [-0.2, 0) is 13.4 Å². The number of anilines is 1. The smallest absolute Gasteiger partial charge is 0.326 e. The molecule has 1 aromatic carbocycles. The Morgan fingerprint density at radius 2 is 1.87 bits per heavy atom. The number of para-hydroxylation sites is 1. The van der Waals surface area contributed by atoms with E-state index in [1.165, 1.54) is 12.1 Å². The quantitative estimate of drug-likeness (QED) is 0.712. The van der Waals surface area contributed by atoms with Gasteiger partial charge < -0.3 is 9.79 Å². The summed E-state index contributed by atoms with van der Waals surface area (Å²) in [6.07, 6.45) is 0. The van der Waals surface area contributed by atoms with E-state index in [2.05, 4.69) is 9.40 Å². The zero-order valence-corrected chi connectivity index (χ0v) is 8.85. The summed E-state index contributed by atoms with van der Waals surface area (Å²) in [5.74, 6) is 0. The molecule has 0 aliphatic rings. The fraction of sp³-hybridized carbons (Fsp3) is 0.143. The minimum Gasteiger partial charge on any atom is -0.326 e. The Bertz CT molecular complexity index is 369. The Balaban J connectivity index is 0.00000196. The van der Waals surface area contributed by atoms with Crippen LogP contribution in [0.5, 0.6) is 0 Å².